The number of benzene rings is 2. The van der Waals surface area contributed by atoms with Crippen molar-refractivity contribution in [3.8, 4) is 11.6 Å². The van der Waals surface area contributed by atoms with Gasteiger partial charge < -0.3 is 20.7 Å². The Labute approximate surface area is 199 Å². The smallest absolute Gasteiger partial charge is 0.256 e. The fourth-order valence-corrected chi connectivity index (χ4v) is 3.77. The van der Waals surface area contributed by atoms with Gasteiger partial charge in [0.25, 0.3) is 5.91 Å². The number of nitrogens with zero attached hydrogens (tertiary/aromatic N) is 2. The highest BCUT2D eigenvalue weighted by Gasteiger charge is 2.29. The number of ether oxygens (including phenoxy) is 1. The number of anilines is 1. The SMILES string of the molecule is NC(=O)c1cccc(Oc2ccc(NC(=O)C3CCN(C(=O)c4ccc(F)cc4F)CC3)cn2)c1. The first-order valence-electron chi connectivity index (χ1n) is 10.9. The number of nitrogens with one attached hydrogen (secondary N) is 1. The topological polar surface area (TPSA) is 115 Å². The highest BCUT2D eigenvalue weighted by atomic mass is 19.1. The monoisotopic (exact) mass is 480 g/mol. The van der Waals surface area contributed by atoms with Crippen LogP contribution in [0.1, 0.15) is 33.6 Å². The van der Waals surface area contributed by atoms with Crippen LogP contribution in [0.5, 0.6) is 11.6 Å². The average Bonchev–Trinajstić information content (AvgIpc) is 2.85. The van der Waals surface area contributed by atoms with Gasteiger partial charge in [-0.2, -0.15) is 0 Å². The molecule has 0 radical (unpaired) electrons. The van der Waals surface area contributed by atoms with Crippen LogP contribution in [0.25, 0.3) is 0 Å². The summed E-state index contributed by atoms with van der Waals surface area (Å²) >= 11 is 0. The summed E-state index contributed by atoms with van der Waals surface area (Å²) in [7, 11) is 0. The van der Waals surface area contributed by atoms with Crippen LogP contribution in [0.3, 0.4) is 0 Å². The van der Waals surface area contributed by atoms with E-state index in [1.165, 1.54) is 17.2 Å². The summed E-state index contributed by atoms with van der Waals surface area (Å²) in [6.45, 7) is 0.562. The van der Waals surface area contributed by atoms with Gasteiger partial charge in [0.1, 0.15) is 17.4 Å². The Balaban J connectivity index is 1.30. The number of carbonyl (C=O) groups is 3. The number of primary amides is 1. The summed E-state index contributed by atoms with van der Waals surface area (Å²) in [5, 5.41) is 2.79. The van der Waals surface area contributed by atoms with Crippen molar-refractivity contribution in [2.24, 2.45) is 11.7 Å². The van der Waals surface area contributed by atoms with E-state index in [-0.39, 0.29) is 36.4 Å². The van der Waals surface area contributed by atoms with Gasteiger partial charge in [-0.25, -0.2) is 13.8 Å². The number of amides is 3. The standard InChI is InChI=1S/C25H22F2N4O4/c26-17-4-6-20(21(27)13-17)25(34)31-10-8-15(9-11-31)24(33)30-18-5-7-22(29-14-18)35-19-3-1-2-16(12-19)23(28)32/h1-7,12-15H,8-11H2,(H2,28,32)(H,30,33). The third-order valence-electron chi connectivity index (χ3n) is 5.66. The van der Waals surface area contributed by atoms with Crippen molar-refractivity contribution < 1.29 is 27.9 Å². The van der Waals surface area contributed by atoms with Gasteiger partial charge in [-0.15, -0.1) is 0 Å². The fraction of sp³-hybridized carbons (Fsp3) is 0.200. The number of carbonyl (C=O) groups excluding carboxylic acids is 3. The lowest BCUT2D eigenvalue weighted by Gasteiger charge is -2.31. The molecule has 0 bridgehead atoms. The molecule has 1 fully saturated rings. The van der Waals surface area contributed by atoms with Gasteiger partial charge in [-0.1, -0.05) is 6.07 Å². The number of likely N-dealkylation sites (tertiary alicyclic amines) is 1. The van der Waals surface area contributed by atoms with Crippen LogP contribution in [-0.2, 0) is 4.79 Å². The lowest BCUT2D eigenvalue weighted by molar-refractivity contribution is -0.121. The first-order chi connectivity index (χ1) is 16.8. The molecule has 1 aromatic heterocycles. The Bertz CT molecular complexity index is 1260. The summed E-state index contributed by atoms with van der Waals surface area (Å²) in [4.78, 5) is 42.1. The highest BCUT2D eigenvalue weighted by Crippen LogP contribution is 2.24. The van der Waals surface area contributed by atoms with Gasteiger partial charge in [0.2, 0.25) is 17.7 Å². The number of nitrogens with two attached hydrogens (primary N) is 1. The number of hydrogen-bond donors (Lipinski definition) is 2. The number of pyridine rings is 1. The molecule has 3 aromatic rings. The van der Waals surface area contributed by atoms with E-state index in [9.17, 15) is 23.2 Å². The fourth-order valence-electron chi connectivity index (χ4n) is 3.77. The molecule has 1 saturated heterocycles. The van der Waals surface area contributed by atoms with Gasteiger partial charge in [0, 0.05) is 36.7 Å². The van der Waals surface area contributed by atoms with E-state index in [0.29, 0.717) is 35.9 Å². The largest absolute Gasteiger partial charge is 0.439 e. The van der Waals surface area contributed by atoms with E-state index in [1.807, 2.05) is 0 Å². The second-order valence-electron chi connectivity index (χ2n) is 8.06. The molecule has 1 aliphatic heterocycles. The van der Waals surface area contributed by atoms with Crippen molar-refractivity contribution in [1.29, 1.82) is 0 Å². The van der Waals surface area contributed by atoms with Crippen molar-refractivity contribution in [2.45, 2.75) is 12.8 Å². The van der Waals surface area contributed by atoms with Crippen molar-refractivity contribution in [1.82, 2.24) is 9.88 Å². The van der Waals surface area contributed by atoms with Crippen LogP contribution in [0, 0.1) is 17.6 Å². The van der Waals surface area contributed by atoms with Crippen molar-refractivity contribution in [3.05, 3.63) is 83.6 Å². The maximum absolute atomic E-state index is 13.9. The van der Waals surface area contributed by atoms with Crippen LogP contribution >= 0.6 is 0 Å². The van der Waals surface area contributed by atoms with Gasteiger partial charge in [0.05, 0.1) is 17.4 Å². The molecule has 10 heteroatoms. The molecule has 1 aliphatic rings. The van der Waals surface area contributed by atoms with Gasteiger partial charge in [-0.05, 0) is 49.2 Å². The Morgan fingerprint density at radius 1 is 1.03 bits per heavy atom. The molecule has 2 heterocycles. The second kappa shape index (κ2) is 10.3. The minimum absolute atomic E-state index is 0.191. The summed E-state index contributed by atoms with van der Waals surface area (Å²) < 4.78 is 32.6. The molecule has 0 aliphatic carbocycles. The van der Waals surface area contributed by atoms with Crippen LogP contribution in [0.2, 0.25) is 0 Å². The Hall–Kier alpha value is -4.34. The number of halogens is 2. The van der Waals surface area contributed by atoms with E-state index in [2.05, 4.69) is 10.3 Å². The molecule has 8 nitrogen and oxygen atoms in total. The lowest BCUT2D eigenvalue weighted by atomic mass is 9.95. The molecular formula is C25H22F2N4O4. The van der Waals surface area contributed by atoms with Crippen LogP contribution in [0.4, 0.5) is 14.5 Å². The third kappa shape index (κ3) is 5.78. The Morgan fingerprint density at radius 2 is 1.80 bits per heavy atom. The minimum Gasteiger partial charge on any atom is -0.439 e. The van der Waals surface area contributed by atoms with Gasteiger partial charge in [0.15, 0.2) is 0 Å². The number of piperidine rings is 1. The highest BCUT2D eigenvalue weighted by molar-refractivity contribution is 5.95. The summed E-state index contributed by atoms with van der Waals surface area (Å²) in [5.41, 5.74) is 5.86. The minimum atomic E-state index is -0.907. The zero-order valence-corrected chi connectivity index (χ0v) is 18.5. The lowest BCUT2D eigenvalue weighted by Crippen LogP contribution is -2.41. The molecule has 180 valence electrons. The Kier molecular flexibility index (Phi) is 7.00. The number of rotatable bonds is 6. The van der Waals surface area contributed by atoms with E-state index < -0.39 is 23.4 Å². The third-order valence-corrected chi connectivity index (χ3v) is 5.66. The summed E-state index contributed by atoms with van der Waals surface area (Å²) in [6.07, 6.45) is 2.26. The van der Waals surface area contributed by atoms with E-state index in [4.69, 9.17) is 10.5 Å². The normalized spacial score (nSPS) is 13.8. The molecule has 0 spiro atoms. The number of hydrogen-bond acceptors (Lipinski definition) is 5. The summed E-state index contributed by atoms with van der Waals surface area (Å²) in [5.74, 6) is -2.63. The average molecular weight is 480 g/mol. The second-order valence-corrected chi connectivity index (χ2v) is 8.06. The Morgan fingerprint density at radius 3 is 2.46 bits per heavy atom. The van der Waals surface area contributed by atoms with Gasteiger partial charge in [-0.3, -0.25) is 14.4 Å². The predicted octanol–water partition coefficient (Wildman–Crippen LogP) is 3.74. The van der Waals surface area contributed by atoms with Crippen LogP contribution in [-0.4, -0.2) is 40.7 Å². The molecule has 35 heavy (non-hydrogen) atoms. The summed E-state index contributed by atoms with van der Waals surface area (Å²) in [6, 6.07) is 12.4. The molecule has 2 aromatic carbocycles. The van der Waals surface area contributed by atoms with Crippen molar-refractivity contribution in [2.75, 3.05) is 18.4 Å². The molecule has 3 amide bonds. The van der Waals surface area contributed by atoms with Gasteiger partial charge >= 0.3 is 0 Å². The molecule has 4 rings (SSSR count). The predicted molar refractivity (Wildman–Crippen MR) is 123 cm³/mol. The zero-order chi connectivity index (χ0) is 24.9. The van der Waals surface area contributed by atoms with Crippen molar-refractivity contribution >= 4 is 23.4 Å². The first kappa shape index (κ1) is 23.8. The molecular weight excluding hydrogens is 458 g/mol. The van der Waals surface area contributed by atoms with Crippen LogP contribution < -0.4 is 15.8 Å². The molecule has 0 unspecified atom stereocenters. The van der Waals surface area contributed by atoms with E-state index in [0.717, 1.165) is 12.1 Å². The van der Waals surface area contributed by atoms with E-state index in [1.54, 1.807) is 30.3 Å². The number of aromatic nitrogens is 1. The zero-order valence-electron chi connectivity index (χ0n) is 18.5. The molecule has 3 N–H and O–H groups in total. The quantitative estimate of drug-likeness (QED) is 0.558. The maximum Gasteiger partial charge on any atom is 0.256 e. The maximum atomic E-state index is 13.9. The molecule has 0 atom stereocenters. The van der Waals surface area contributed by atoms with E-state index >= 15 is 0 Å². The van der Waals surface area contributed by atoms with Crippen molar-refractivity contribution in [3.63, 3.8) is 0 Å². The molecule has 0 saturated carbocycles. The first-order valence-corrected chi connectivity index (χ1v) is 10.9. The van der Waals surface area contributed by atoms with Crippen LogP contribution in [0.15, 0.2) is 60.8 Å².